The fourth-order valence-electron chi connectivity index (χ4n) is 1.61. The van der Waals surface area contributed by atoms with Crippen LogP contribution in [0.5, 0.6) is 0 Å². The number of rotatable bonds is 4. The zero-order chi connectivity index (χ0) is 12.3. The Bertz CT molecular complexity index is 508. The molecule has 2 rings (SSSR count). The highest BCUT2D eigenvalue weighted by atomic mass is 19.1. The summed E-state index contributed by atoms with van der Waals surface area (Å²) in [6.07, 6.45) is 1.39. The Morgan fingerprint density at radius 2 is 2.24 bits per heavy atom. The van der Waals surface area contributed by atoms with E-state index in [1.165, 1.54) is 12.5 Å². The molecule has 0 aliphatic rings. The second-order valence-electron chi connectivity index (χ2n) is 3.87. The predicted octanol–water partition coefficient (Wildman–Crippen LogP) is 2.90. The van der Waals surface area contributed by atoms with Crippen LogP contribution < -0.4 is 5.32 Å². The maximum Gasteiger partial charge on any atom is 0.181 e. The van der Waals surface area contributed by atoms with Crippen LogP contribution >= 0.6 is 0 Å². The Balaban J connectivity index is 2.32. The Labute approximate surface area is 99.7 Å². The summed E-state index contributed by atoms with van der Waals surface area (Å²) in [4.78, 5) is 4.13. The predicted molar refractivity (Wildman–Crippen MR) is 64.0 cm³/mol. The Morgan fingerprint density at radius 1 is 1.41 bits per heavy atom. The normalized spacial score (nSPS) is 10.8. The van der Waals surface area contributed by atoms with Crippen LogP contribution in [0.25, 0.3) is 11.3 Å². The number of halogens is 1. The van der Waals surface area contributed by atoms with Gasteiger partial charge in [-0.15, -0.1) is 0 Å². The molecule has 1 heterocycles. The van der Waals surface area contributed by atoms with Gasteiger partial charge in [0.2, 0.25) is 0 Å². The van der Waals surface area contributed by atoms with Crippen LogP contribution in [-0.2, 0) is 6.54 Å². The maximum atomic E-state index is 13.5. The van der Waals surface area contributed by atoms with Gasteiger partial charge in [-0.1, -0.05) is 19.1 Å². The van der Waals surface area contributed by atoms with Crippen molar-refractivity contribution < 1.29 is 8.81 Å². The molecule has 0 aliphatic heterocycles. The van der Waals surface area contributed by atoms with Crippen LogP contribution in [0.15, 0.2) is 29.0 Å². The van der Waals surface area contributed by atoms with Gasteiger partial charge in [-0.2, -0.15) is 0 Å². The van der Waals surface area contributed by atoms with E-state index < -0.39 is 0 Å². The van der Waals surface area contributed by atoms with Gasteiger partial charge in [0.15, 0.2) is 12.2 Å². The highest BCUT2D eigenvalue weighted by Gasteiger charge is 2.11. The monoisotopic (exact) mass is 234 g/mol. The first-order chi connectivity index (χ1) is 8.22. The first-order valence-electron chi connectivity index (χ1n) is 5.62. The lowest BCUT2D eigenvalue weighted by Crippen LogP contribution is -2.12. The van der Waals surface area contributed by atoms with E-state index in [1.807, 2.05) is 13.0 Å². The van der Waals surface area contributed by atoms with Gasteiger partial charge in [-0.3, -0.25) is 0 Å². The molecular weight excluding hydrogens is 219 g/mol. The molecule has 17 heavy (non-hydrogen) atoms. The highest BCUT2D eigenvalue weighted by molar-refractivity contribution is 5.60. The van der Waals surface area contributed by atoms with E-state index in [4.69, 9.17) is 4.42 Å². The molecule has 2 aromatic rings. The summed E-state index contributed by atoms with van der Waals surface area (Å²) in [6.45, 7) is 5.23. The summed E-state index contributed by atoms with van der Waals surface area (Å²) in [7, 11) is 0. The van der Waals surface area contributed by atoms with E-state index in [9.17, 15) is 4.39 Å². The van der Waals surface area contributed by atoms with Crippen molar-refractivity contribution in [1.82, 2.24) is 10.3 Å². The summed E-state index contributed by atoms with van der Waals surface area (Å²) in [5.74, 6) is 0.401. The SMILES string of the molecule is CCNCc1ncoc1-c1ccc(C)c(F)c1. The van der Waals surface area contributed by atoms with Crippen molar-refractivity contribution >= 4 is 0 Å². The van der Waals surface area contributed by atoms with Gasteiger partial charge in [0.1, 0.15) is 11.5 Å². The number of hydrogen-bond acceptors (Lipinski definition) is 3. The van der Waals surface area contributed by atoms with E-state index in [-0.39, 0.29) is 5.82 Å². The first kappa shape index (κ1) is 11.8. The number of benzene rings is 1. The van der Waals surface area contributed by atoms with E-state index in [0.29, 0.717) is 17.9 Å². The smallest absolute Gasteiger partial charge is 0.181 e. The number of aromatic nitrogens is 1. The molecule has 0 radical (unpaired) electrons. The minimum Gasteiger partial charge on any atom is -0.443 e. The summed E-state index contributed by atoms with van der Waals surface area (Å²) < 4.78 is 18.8. The van der Waals surface area contributed by atoms with Crippen molar-refractivity contribution in [2.75, 3.05) is 6.54 Å². The van der Waals surface area contributed by atoms with E-state index in [2.05, 4.69) is 10.3 Å². The summed E-state index contributed by atoms with van der Waals surface area (Å²) in [5, 5.41) is 3.17. The Hall–Kier alpha value is -1.68. The Morgan fingerprint density at radius 3 is 2.94 bits per heavy atom. The molecule has 1 aromatic carbocycles. The van der Waals surface area contributed by atoms with Crippen LogP contribution in [0.4, 0.5) is 4.39 Å². The van der Waals surface area contributed by atoms with E-state index >= 15 is 0 Å². The number of hydrogen-bond donors (Lipinski definition) is 1. The van der Waals surface area contributed by atoms with Crippen LogP contribution in [0.3, 0.4) is 0 Å². The number of aryl methyl sites for hydroxylation is 1. The van der Waals surface area contributed by atoms with Gasteiger partial charge >= 0.3 is 0 Å². The minimum absolute atomic E-state index is 0.228. The minimum atomic E-state index is -0.228. The Kier molecular flexibility index (Phi) is 3.54. The lowest BCUT2D eigenvalue weighted by atomic mass is 10.1. The molecule has 0 amide bonds. The second-order valence-corrected chi connectivity index (χ2v) is 3.87. The van der Waals surface area contributed by atoms with E-state index in [0.717, 1.165) is 17.8 Å². The van der Waals surface area contributed by atoms with Gasteiger partial charge in [-0.05, 0) is 25.1 Å². The molecule has 0 aliphatic carbocycles. The summed E-state index contributed by atoms with van der Waals surface area (Å²) >= 11 is 0. The fraction of sp³-hybridized carbons (Fsp3) is 0.308. The molecular formula is C13H15FN2O. The van der Waals surface area contributed by atoms with Gasteiger partial charge in [0, 0.05) is 12.1 Å². The van der Waals surface area contributed by atoms with Crippen LogP contribution in [0, 0.1) is 12.7 Å². The molecule has 1 aromatic heterocycles. The lowest BCUT2D eigenvalue weighted by molar-refractivity contribution is 0.567. The van der Waals surface area contributed by atoms with Gasteiger partial charge in [0.05, 0.1) is 0 Å². The molecule has 0 fully saturated rings. The quantitative estimate of drug-likeness (QED) is 0.884. The molecule has 1 N–H and O–H groups in total. The first-order valence-corrected chi connectivity index (χ1v) is 5.62. The topological polar surface area (TPSA) is 38.1 Å². The molecule has 3 nitrogen and oxygen atoms in total. The largest absolute Gasteiger partial charge is 0.443 e. The third-order valence-corrected chi connectivity index (χ3v) is 2.62. The molecule has 0 saturated carbocycles. The average Bonchev–Trinajstić information content (AvgIpc) is 2.78. The van der Waals surface area contributed by atoms with Crippen molar-refractivity contribution in [3.05, 3.63) is 41.7 Å². The molecule has 0 spiro atoms. The zero-order valence-electron chi connectivity index (χ0n) is 9.96. The third kappa shape index (κ3) is 2.53. The van der Waals surface area contributed by atoms with Crippen molar-refractivity contribution in [2.24, 2.45) is 0 Å². The van der Waals surface area contributed by atoms with Crippen LogP contribution in [0.1, 0.15) is 18.2 Å². The van der Waals surface area contributed by atoms with Crippen molar-refractivity contribution in [3.8, 4) is 11.3 Å². The lowest BCUT2D eigenvalue weighted by Gasteiger charge is -2.03. The van der Waals surface area contributed by atoms with Gasteiger partial charge in [0.25, 0.3) is 0 Å². The zero-order valence-corrected chi connectivity index (χ0v) is 9.96. The molecule has 0 saturated heterocycles. The number of nitrogens with one attached hydrogen (secondary N) is 1. The highest BCUT2D eigenvalue weighted by Crippen LogP contribution is 2.24. The number of nitrogens with zero attached hydrogens (tertiary/aromatic N) is 1. The number of oxazole rings is 1. The summed E-state index contributed by atoms with van der Waals surface area (Å²) in [5.41, 5.74) is 2.15. The molecule has 4 heteroatoms. The summed E-state index contributed by atoms with van der Waals surface area (Å²) in [6, 6.07) is 5.06. The van der Waals surface area contributed by atoms with Crippen molar-refractivity contribution in [3.63, 3.8) is 0 Å². The molecule has 90 valence electrons. The molecule has 0 bridgehead atoms. The standard InChI is InChI=1S/C13H15FN2O/c1-3-15-7-12-13(17-8-16-12)10-5-4-9(2)11(14)6-10/h4-6,8,15H,3,7H2,1-2H3. The van der Waals surface area contributed by atoms with E-state index in [1.54, 1.807) is 13.0 Å². The van der Waals surface area contributed by atoms with Crippen LogP contribution in [0.2, 0.25) is 0 Å². The maximum absolute atomic E-state index is 13.5. The van der Waals surface area contributed by atoms with Gasteiger partial charge in [-0.25, -0.2) is 9.37 Å². The molecule has 0 unspecified atom stereocenters. The molecule has 0 atom stereocenters. The van der Waals surface area contributed by atoms with Gasteiger partial charge < -0.3 is 9.73 Å². The van der Waals surface area contributed by atoms with Crippen molar-refractivity contribution in [1.29, 1.82) is 0 Å². The average molecular weight is 234 g/mol. The third-order valence-electron chi connectivity index (χ3n) is 2.62. The van der Waals surface area contributed by atoms with Crippen LogP contribution in [-0.4, -0.2) is 11.5 Å². The second kappa shape index (κ2) is 5.10. The van der Waals surface area contributed by atoms with Crippen molar-refractivity contribution in [2.45, 2.75) is 20.4 Å². The fourth-order valence-corrected chi connectivity index (χ4v) is 1.61.